The van der Waals surface area contributed by atoms with E-state index in [0.29, 0.717) is 6.04 Å². The lowest BCUT2D eigenvalue weighted by Crippen LogP contribution is -2.58. The smallest absolute Gasteiger partial charge is 0.0797 e. The van der Waals surface area contributed by atoms with E-state index >= 15 is 0 Å². The van der Waals surface area contributed by atoms with E-state index in [0.717, 1.165) is 37.7 Å². The molecule has 1 aromatic carbocycles. The largest absolute Gasteiger partial charge is 0.368 e. The van der Waals surface area contributed by atoms with Gasteiger partial charge in [0, 0.05) is 32.7 Å². The van der Waals surface area contributed by atoms with Gasteiger partial charge in [0.05, 0.1) is 22.4 Å². The Hall–Kier alpha value is -0.930. The first-order chi connectivity index (χ1) is 8.31. The molecule has 2 aliphatic heterocycles. The fourth-order valence-corrected chi connectivity index (χ4v) is 3.19. The monoisotopic (exact) mass is 251 g/mol. The third-order valence-corrected chi connectivity index (χ3v) is 4.06. The van der Waals surface area contributed by atoms with Crippen molar-refractivity contribution in [1.29, 1.82) is 0 Å². The van der Waals surface area contributed by atoms with Crippen LogP contribution in [-0.2, 0) is 0 Å². The van der Waals surface area contributed by atoms with E-state index in [1.165, 1.54) is 11.4 Å². The van der Waals surface area contributed by atoms with Crippen molar-refractivity contribution in [3.05, 3.63) is 23.2 Å². The van der Waals surface area contributed by atoms with Gasteiger partial charge in [-0.25, -0.2) is 0 Å². The minimum Gasteiger partial charge on any atom is -0.368 e. The van der Waals surface area contributed by atoms with Crippen LogP contribution in [0.2, 0.25) is 5.02 Å². The second kappa shape index (κ2) is 4.39. The third kappa shape index (κ3) is 1.78. The number of rotatable bonds is 1. The van der Waals surface area contributed by atoms with E-state index in [-0.39, 0.29) is 0 Å². The van der Waals surface area contributed by atoms with Gasteiger partial charge in [-0.3, -0.25) is 0 Å². The number of nitrogens with one attached hydrogen (secondary N) is 1. The lowest BCUT2D eigenvalue weighted by Gasteiger charge is -2.47. The van der Waals surface area contributed by atoms with Crippen LogP contribution in [0.1, 0.15) is 6.92 Å². The van der Waals surface area contributed by atoms with Gasteiger partial charge in [-0.1, -0.05) is 17.7 Å². The predicted octanol–water partition coefficient (Wildman–Crippen LogP) is 1.96. The van der Waals surface area contributed by atoms with E-state index in [9.17, 15) is 0 Å². The Balaban J connectivity index is 2.08. The van der Waals surface area contributed by atoms with Gasteiger partial charge in [0.15, 0.2) is 0 Å². The molecule has 1 atom stereocenters. The molecule has 0 spiro atoms. The minimum absolute atomic E-state index is 0.552. The summed E-state index contributed by atoms with van der Waals surface area (Å²) in [5, 5.41) is 4.35. The van der Waals surface area contributed by atoms with Gasteiger partial charge in [-0.05, 0) is 19.1 Å². The number of nitrogens with zero attached hydrogens (tertiary/aromatic N) is 2. The Bertz CT molecular complexity index is 421. The second-order valence-corrected chi connectivity index (χ2v) is 5.10. The highest BCUT2D eigenvalue weighted by Gasteiger charge is 2.32. The number of hydrogen-bond donors (Lipinski definition) is 1. The molecule has 0 saturated carbocycles. The van der Waals surface area contributed by atoms with Crippen LogP contribution in [0.3, 0.4) is 0 Å². The molecule has 2 aliphatic rings. The zero-order valence-corrected chi connectivity index (χ0v) is 10.9. The van der Waals surface area contributed by atoms with Crippen LogP contribution in [0.5, 0.6) is 0 Å². The maximum Gasteiger partial charge on any atom is 0.0797 e. The Kier molecular flexibility index (Phi) is 2.89. The number of anilines is 2. The van der Waals surface area contributed by atoms with Gasteiger partial charge in [0.2, 0.25) is 0 Å². The van der Waals surface area contributed by atoms with Gasteiger partial charge in [0.25, 0.3) is 0 Å². The molecule has 1 N–H and O–H groups in total. The van der Waals surface area contributed by atoms with Gasteiger partial charge in [0.1, 0.15) is 0 Å². The summed E-state index contributed by atoms with van der Waals surface area (Å²) in [5.41, 5.74) is 2.52. The number of benzene rings is 1. The summed E-state index contributed by atoms with van der Waals surface area (Å²) in [7, 11) is 0. The molecule has 4 heteroatoms. The topological polar surface area (TPSA) is 18.5 Å². The van der Waals surface area contributed by atoms with Crippen LogP contribution in [-0.4, -0.2) is 38.8 Å². The number of piperazine rings is 1. The lowest BCUT2D eigenvalue weighted by atomic mass is 10.0. The van der Waals surface area contributed by atoms with Gasteiger partial charge >= 0.3 is 0 Å². The molecular weight excluding hydrogens is 234 g/mol. The zero-order chi connectivity index (χ0) is 11.8. The summed E-state index contributed by atoms with van der Waals surface area (Å²) < 4.78 is 0. The van der Waals surface area contributed by atoms with E-state index in [1.54, 1.807) is 0 Å². The number of likely N-dealkylation sites (N-methyl/N-ethyl adjacent to an activating group) is 1. The quantitative estimate of drug-likeness (QED) is 0.823. The van der Waals surface area contributed by atoms with Crippen molar-refractivity contribution in [3.63, 3.8) is 0 Å². The number of halogens is 1. The van der Waals surface area contributed by atoms with E-state index in [4.69, 9.17) is 11.6 Å². The maximum absolute atomic E-state index is 6.40. The first-order valence-electron chi connectivity index (χ1n) is 6.32. The normalized spacial score (nSPS) is 23.3. The number of fused-ring (bicyclic) bond motifs is 3. The van der Waals surface area contributed by atoms with Crippen LogP contribution < -0.4 is 15.1 Å². The molecule has 3 nitrogen and oxygen atoms in total. The molecule has 0 bridgehead atoms. The van der Waals surface area contributed by atoms with Crippen molar-refractivity contribution in [3.8, 4) is 0 Å². The number of hydrogen-bond acceptors (Lipinski definition) is 3. The van der Waals surface area contributed by atoms with Crippen molar-refractivity contribution < 1.29 is 0 Å². The molecule has 0 amide bonds. The van der Waals surface area contributed by atoms with Crippen molar-refractivity contribution in [1.82, 2.24) is 5.32 Å². The Morgan fingerprint density at radius 3 is 3.18 bits per heavy atom. The van der Waals surface area contributed by atoms with Crippen molar-refractivity contribution >= 4 is 23.0 Å². The summed E-state index contributed by atoms with van der Waals surface area (Å²) in [5.74, 6) is 0. The highest BCUT2D eigenvalue weighted by molar-refractivity contribution is 6.34. The lowest BCUT2D eigenvalue weighted by molar-refractivity contribution is 0.461. The first-order valence-corrected chi connectivity index (χ1v) is 6.70. The van der Waals surface area contributed by atoms with Crippen LogP contribution in [0.4, 0.5) is 11.4 Å². The number of para-hydroxylation sites is 1. The third-order valence-electron chi connectivity index (χ3n) is 3.76. The summed E-state index contributed by atoms with van der Waals surface area (Å²) in [4.78, 5) is 4.90. The Morgan fingerprint density at radius 1 is 1.47 bits per heavy atom. The van der Waals surface area contributed by atoms with Gasteiger partial charge < -0.3 is 15.1 Å². The van der Waals surface area contributed by atoms with Gasteiger partial charge in [-0.2, -0.15) is 0 Å². The van der Waals surface area contributed by atoms with E-state index in [1.807, 2.05) is 12.1 Å². The first kappa shape index (κ1) is 11.2. The van der Waals surface area contributed by atoms with Crippen LogP contribution in [0.15, 0.2) is 18.2 Å². The molecule has 1 unspecified atom stereocenters. The molecule has 1 aromatic rings. The van der Waals surface area contributed by atoms with E-state index < -0.39 is 0 Å². The molecule has 1 fully saturated rings. The Labute approximate surface area is 107 Å². The molecule has 17 heavy (non-hydrogen) atoms. The van der Waals surface area contributed by atoms with Crippen molar-refractivity contribution in [2.75, 3.05) is 42.5 Å². The maximum atomic E-state index is 6.40. The van der Waals surface area contributed by atoms with Crippen LogP contribution in [0.25, 0.3) is 0 Å². The summed E-state index contributed by atoms with van der Waals surface area (Å²) >= 11 is 6.40. The van der Waals surface area contributed by atoms with E-state index in [2.05, 4.69) is 28.1 Å². The summed E-state index contributed by atoms with van der Waals surface area (Å²) in [6.07, 6.45) is 0. The van der Waals surface area contributed by atoms with Crippen molar-refractivity contribution in [2.45, 2.75) is 13.0 Å². The fourth-order valence-electron chi connectivity index (χ4n) is 2.91. The molecule has 3 rings (SSSR count). The van der Waals surface area contributed by atoms with Crippen LogP contribution >= 0.6 is 11.6 Å². The zero-order valence-electron chi connectivity index (χ0n) is 10.1. The molecule has 0 radical (unpaired) electrons. The molecule has 1 saturated heterocycles. The van der Waals surface area contributed by atoms with Crippen molar-refractivity contribution in [2.24, 2.45) is 0 Å². The highest BCUT2D eigenvalue weighted by atomic mass is 35.5. The molecule has 92 valence electrons. The molecular formula is C13H18ClN3. The average molecular weight is 252 g/mol. The average Bonchev–Trinajstić information content (AvgIpc) is 2.38. The SMILES string of the molecule is CCN1CC2CNCCN2c2c(Cl)cccc21. The standard InChI is InChI=1S/C13H18ClN3/c1-2-16-9-10-8-15-6-7-17(10)13-11(14)4-3-5-12(13)16/h3-5,10,15H,2,6-9H2,1H3. The van der Waals surface area contributed by atoms with Crippen LogP contribution in [0, 0.1) is 0 Å². The Morgan fingerprint density at radius 2 is 2.35 bits per heavy atom. The molecule has 2 heterocycles. The van der Waals surface area contributed by atoms with Gasteiger partial charge in [-0.15, -0.1) is 0 Å². The summed E-state index contributed by atoms with van der Waals surface area (Å²) in [6, 6.07) is 6.78. The minimum atomic E-state index is 0.552. The fraction of sp³-hybridized carbons (Fsp3) is 0.538. The molecule has 0 aliphatic carbocycles. The second-order valence-electron chi connectivity index (χ2n) is 4.70. The highest BCUT2D eigenvalue weighted by Crippen LogP contribution is 2.40. The molecule has 0 aromatic heterocycles. The predicted molar refractivity (Wildman–Crippen MR) is 73.3 cm³/mol. The summed E-state index contributed by atoms with van der Waals surface area (Å²) in [6.45, 7) is 7.50.